The van der Waals surface area contributed by atoms with Gasteiger partial charge in [0.15, 0.2) is 0 Å². The Morgan fingerprint density at radius 1 is 1.21 bits per heavy atom. The molecule has 0 aliphatic rings. The third kappa shape index (κ3) is 1.58. The summed E-state index contributed by atoms with van der Waals surface area (Å²) in [6.45, 7) is 0. The normalized spacial score (nSPS) is 11.8. The highest BCUT2D eigenvalue weighted by atomic mass is 35.5. The fourth-order valence-corrected chi connectivity index (χ4v) is 3.79. The predicted octanol–water partition coefficient (Wildman–Crippen LogP) is 2.44. The first-order valence-electron chi connectivity index (χ1n) is 3.74. The van der Waals surface area contributed by atoms with Crippen molar-refractivity contribution in [2.45, 2.75) is 4.21 Å². The zero-order valence-electron chi connectivity index (χ0n) is 6.92. The molecule has 0 aliphatic carbocycles. The molecule has 0 aliphatic heterocycles. The Balaban J connectivity index is 2.54. The molecular weight excluding hydrogens is 242 g/mol. The summed E-state index contributed by atoms with van der Waals surface area (Å²) in [6, 6.07) is 6.39. The van der Waals surface area contributed by atoms with Crippen molar-refractivity contribution in [1.29, 1.82) is 0 Å². The summed E-state index contributed by atoms with van der Waals surface area (Å²) in [5.41, 5.74) is 0. The molecule has 3 nitrogen and oxygen atoms in total. The zero-order chi connectivity index (χ0) is 10.2. The van der Waals surface area contributed by atoms with E-state index >= 15 is 0 Å². The van der Waals surface area contributed by atoms with Crippen LogP contribution in [0.5, 0.6) is 0 Å². The van der Waals surface area contributed by atoms with Crippen LogP contribution in [0.3, 0.4) is 0 Å². The lowest BCUT2D eigenvalue weighted by molar-refractivity contribution is 0.589. The molecule has 0 atom stereocenters. The lowest BCUT2D eigenvalue weighted by Gasteiger charge is -2.01. The minimum Gasteiger partial charge on any atom is -0.248 e. The van der Waals surface area contributed by atoms with E-state index in [1.54, 1.807) is 18.2 Å². The third-order valence-electron chi connectivity index (χ3n) is 1.66. The molecular formula is C8H6ClNO2S2. The molecule has 0 aromatic carbocycles. The van der Waals surface area contributed by atoms with Crippen LogP contribution in [-0.4, -0.2) is 12.4 Å². The first kappa shape index (κ1) is 9.76. The minimum atomic E-state index is -3.42. The van der Waals surface area contributed by atoms with Gasteiger partial charge in [0.2, 0.25) is 0 Å². The molecule has 0 saturated carbocycles. The van der Waals surface area contributed by atoms with Gasteiger partial charge < -0.3 is 0 Å². The van der Waals surface area contributed by atoms with Crippen molar-refractivity contribution in [3.8, 4) is 0 Å². The van der Waals surface area contributed by atoms with Crippen LogP contribution in [0.4, 0.5) is 0 Å². The van der Waals surface area contributed by atoms with Gasteiger partial charge in [-0.05, 0) is 24.3 Å². The maximum Gasteiger partial charge on any atom is 0.277 e. The van der Waals surface area contributed by atoms with Crippen LogP contribution in [0.25, 0.3) is 0 Å². The molecule has 0 unspecified atom stereocenters. The lowest BCUT2D eigenvalue weighted by Crippen LogP contribution is -2.08. The van der Waals surface area contributed by atoms with Crippen molar-refractivity contribution < 1.29 is 8.42 Å². The second-order valence-electron chi connectivity index (χ2n) is 2.58. The Morgan fingerprint density at radius 2 is 1.86 bits per heavy atom. The first-order chi connectivity index (χ1) is 6.60. The monoisotopic (exact) mass is 247 g/mol. The Bertz CT molecular complexity index is 527. The molecule has 2 aromatic rings. The number of hydrogen-bond donors (Lipinski definition) is 0. The van der Waals surface area contributed by atoms with Gasteiger partial charge in [-0.1, -0.05) is 11.6 Å². The van der Waals surface area contributed by atoms with E-state index in [0.29, 0.717) is 4.34 Å². The van der Waals surface area contributed by atoms with Gasteiger partial charge in [-0.25, -0.2) is 3.97 Å². The van der Waals surface area contributed by atoms with Crippen molar-refractivity contribution in [2.75, 3.05) is 0 Å². The van der Waals surface area contributed by atoms with Gasteiger partial charge in [0, 0.05) is 12.4 Å². The molecule has 2 heterocycles. The van der Waals surface area contributed by atoms with Crippen molar-refractivity contribution >= 4 is 33.0 Å². The van der Waals surface area contributed by atoms with E-state index in [4.69, 9.17) is 11.6 Å². The van der Waals surface area contributed by atoms with Crippen LogP contribution in [0.1, 0.15) is 0 Å². The minimum absolute atomic E-state index is 0.249. The predicted molar refractivity (Wildman–Crippen MR) is 56.3 cm³/mol. The fraction of sp³-hybridized carbons (Fsp3) is 0. The summed E-state index contributed by atoms with van der Waals surface area (Å²) in [4.78, 5) is 0. The highest BCUT2D eigenvalue weighted by Gasteiger charge is 2.17. The summed E-state index contributed by atoms with van der Waals surface area (Å²) in [5.74, 6) is 0. The number of rotatable bonds is 2. The molecule has 0 fully saturated rings. The summed E-state index contributed by atoms with van der Waals surface area (Å²) < 4.78 is 25.5. The molecule has 0 radical (unpaired) electrons. The average Bonchev–Trinajstić information content (AvgIpc) is 2.72. The highest BCUT2D eigenvalue weighted by molar-refractivity contribution is 7.92. The van der Waals surface area contributed by atoms with E-state index in [-0.39, 0.29) is 4.21 Å². The molecule has 6 heteroatoms. The molecule has 0 spiro atoms. The van der Waals surface area contributed by atoms with Gasteiger partial charge in [-0.2, -0.15) is 8.42 Å². The van der Waals surface area contributed by atoms with Crippen molar-refractivity contribution in [2.24, 2.45) is 0 Å². The van der Waals surface area contributed by atoms with Gasteiger partial charge in [0.05, 0.1) is 4.34 Å². The smallest absolute Gasteiger partial charge is 0.248 e. The third-order valence-corrected chi connectivity index (χ3v) is 5.01. The molecule has 0 bridgehead atoms. The summed E-state index contributed by atoms with van der Waals surface area (Å²) >= 11 is 6.72. The number of aromatic nitrogens is 1. The summed E-state index contributed by atoms with van der Waals surface area (Å²) in [7, 11) is -3.42. The van der Waals surface area contributed by atoms with Crippen LogP contribution >= 0.6 is 22.9 Å². The van der Waals surface area contributed by atoms with Crippen LogP contribution in [0.15, 0.2) is 40.9 Å². The zero-order valence-corrected chi connectivity index (χ0v) is 9.31. The Labute approximate surface area is 90.6 Å². The SMILES string of the molecule is O=S(=O)(c1ccc(Cl)s1)n1cccc1. The second-order valence-corrected chi connectivity index (χ2v) is 6.36. The summed E-state index contributed by atoms with van der Waals surface area (Å²) in [5, 5.41) is 0. The standard InChI is InChI=1S/C8H6ClNO2S2/c9-7-3-4-8(13-7)14(11,12)10-5-1-2-6-10/h1-6H. The van der Waals surface area contributed by atoms with E-state index in [1.807, 2.05) is 0 Å². The lowest BCUT2D eigenvalue weighted by atomic mass is 10.7. The van der Waals surface area contributed by atoms with Gasteiger partial charge in [0.25, 0.3) is 10.0 Å². The van der Waals surface area contributed by atoms with E-state index in [2.05, 4.69) is 0 Å². The van der Waals surface area contributed by atoms with E-state index in [9.17, 15) is 8.42 Å². The molecule has 2 aromatic heterocycles. The van der Waals surface area contributed by atoms with Gasteiger partial charge in [-0.15, -0.1) is 11.3 Å². The second kappa shape index (κ2) is 3.42. The maximum atomic E-state index is 11.8. The maximum absolute atomic E-state index is 11.8. The van der Waals surface area contributed by atoms with Gasteiger partial charge in [0.1, 0.15) is 4.21 Å². The highest BCUT2D eigenvalue weighted by Crippen LogP contribution is 2.26. The molecule has 14 heavy (non-hydrogen) atoms. The number of nitrogens with zero attached hydrogens (tertiary/aromatic N) is 1. The molecule has 2 rings (SSSR count). The number of hydrogen-bond acceptors (Lipinski definition) is 3. The van der Waals surface area contributed by atoms with Crippen molar-refractivity contribution in [3.05, 3.63) is 41.0 Å². The Kier molecular flexibility index (Phi) is 2.38. The largest absolute Gasteiger partial charge is 0.277 e. The first-order valence-corrected chi connectivity index (χ1v) is 6.38. The van der Waals surface area contributed by atoms with Crippen molar-refractivity contribution in [1.82, 2.24) is 3.97 Å². The van der Waals surface area contributed by atoms with Crippen LogP contribution < -0.4 is 0 Å². The topological polar surface area (TPSA) is 39.1 Å². The van der Waals surface area contributed by atoms with Gasteiger partial charge >= 0.3 is 0 Å². The summed E-state index contributed by atoms with van der Waals surface area (Å²) in [6.07, 6.45) is 2.98. The van der Waals surface area contributed by atoms with E-state index < -0.39 is 10.0 Å². The van der Waals surface area contributed by atoms with Crippen molar-refractivity contribution in [3.63, 3.8) is 0 Å². The molecule has 0 N–H and O–H groups in total. The average molecular weight is 248 g/mol. The quantitative estimate of drug-likeness (QED) is 0.818. The molecule has 74 valence electrons. The molecule has 0 saturated heterocycles. The van der Waals surface area contributed by atoms with E-state index in [1.165, 1.54) is 18.5 Å². The van der Waals surface area contributed by atoms with Crippen LogP contribution in [0, 0.1) is 0 Å². The fourth-order valence-electron chi connectivity index (χ4n) is 1.02. The molecule has 0 amide bonds. The number of thiophene rings is 1. The van der Waals surface area contributed by atoms with Crippen LogP contribution in [-0.2, 0) is 10.0 Å². The van der Waals surface area contributed by atoms with Crippen LogP contribution in [0.2, 0.25) is 4.34 Å². The Morgan fingerprint density at radius 3 is 2.36 bits per heavy atom. The number of halogens is 1. The Hall–Kier alpha value is -0.780. The van der Waals surface area contributed by atoms with Gasteiger partial charge in [-0.3, -0.25) is 0 Å². The van der Waals surface area contributed by atoms with E-state index in [0.717, 1.165) is 15.3 Å².